The number of ether oxygens (including phenoxy) is 4. The maximum absolute atomic E-state index is 13.3. The van der Waals surface area contributed by atoms with Crippen molar-refractivity contribution in [3.63, 3.8) is 0 Å². The Morgan fingerprint density at radius 2 is 1.78 bits per heavy atom. The number of esters is 1. The Balaban J connectivity index is 2.08. The molecule has 0 unspecified atom stereocenters. The first kappa shape index (κ1) is 18.8. The Hall–Kier alpha value is -2.94. The summed E-state index contributed by atoms with van der Waals surface area (Å²) < 4.78 is 48.4. The highest BCUT2D eigenvalue weighted by atomic mass is 32.2. The molecule has 0 aromatic heterocycles. The fourth-order valence-corrected chi connectivity index (χ4v) is 4.06. The minimum Gasteiger partial charge on any atom is -0.495 e. The lowest BCUT2D eigenvalue weighted by molar-refractivity contribution is -0.138. The number of benzene rings is 2. The number of hydrogen-bond donors (Lipinski definition) is 0. The van der Waals surface area contributed by atoms with Gasteiger partial charge in [-0.25, -0.2) is 8.42 Å². The average Bonchev–Trinajstić information content (AvgIpc) is 2.71. The third-order valence-corrected chi connectivity index (χ3v) is 5.71. The number of fused-ring (bicyclic) bond motifs is 1. The van der Waals surface area contributed by atoms with E-state index in [1.807, 2.05) is 0 Å². The van der Waals surface area contributed by atoms with Crippen molar-refractivity contribution in [2.75, 3.05) is 38.3 Å². The number of rotatable bonds is 6. The zero-order chi connectivity index (χ0) is 19.4. The van der Waals surface area contributed by atoms with Crippen LogP contribution in [0.5, 0.6) is 17.2 Å². The number of hydrogen-bond acceptors (Lipinski definition) is 7. The molecule has 0 spiro atoms. The highest BCUT2D eigenvalue weighted by molar-refractivity contribution is 7.92. The molecule has 27 heavy (non-hydrogen) atoms. The van der Waals surface area contributed by atoms with Gasteiger partial charge in [-0.1, -0.05) is 12.1 Å². The van der Waals surface area contributed by atoms with E-state index < -0.39 is 22.5 Å². The van der Waals surface area contributed by atoms with Gasteiger partial charge in [0.05, 0.1) is 24.8 Å². The molecule has 1 heterocycles. The van der Waals surface area contributed by atoms with Crippen LogP contribution in [0.15, 0.2) is 47.4 Å². The fourth-order valence-electron chi connectivity index (χ4n) is 2.63. The lowest BCUT2D eigenvalue weighted by Crippen LogP contribution is -2.36. The van der Waals surface area contributed by atoms with Crippen molar-refractivity contribution in [1.82, 2.24) is 0 Å². The number of methoxy groups -OCH3 is 2. The van der Waals surface area contributed by atoms with Crippen LogP contribution in [0.1, 0.15) is 0 Å². The Bertz CT molecular complexity index is 942. The predicted octanol–water partition coefficient (Wildman–Crippen LogP) is 1.83. The van der Waals surface area contributed by atoms with Crippen LogP contribution in [-0.4, -0.2) is 48.4 Å². The average molecular weight is 393 g/mol. The molecule has 3 rings (SSSR count). The molecule has 0 atom stereocenters. The summed E-state index contributed by atoms with van der Waals surface area (Å²) in [5, 5.41) is 0. The van der Waals surface area contributed by atoms with Crippen molar-refractivity contribution in [3.05, 3.63) is 42.5 Å². The number of anilines is 1. The first-order valence-electron chi connectivity index (χ1n) is 8.09. The Morgan fingerprint density at radius 3 is 2.48 bits per heavy atom. The first-order chi connectivity index (χ1) is 13.0. The van der Waals surface area contributed by atoms with Crippen LogP contribution in [-0.2, 0) is 19.6 Å². The van der Waals surface area contributed by atoms with Gasteiger partial charge in [0.2, 0.25) is 0 Å². The third-order valence-electron chi connectivity index (χ3n) is 3.96. The molecule has 0 radical (unpaired) electrons. The van der Waals surface area contributed by atoms with Gasteiger partial charge in [0, 0.05) is 6.07 Å². The molecule has 0 aliphatic carbocycles. The van der Waals surface area contributed by atoms with Crippen molar-refractivity contribution in [2.24, 2.45) is 0 Å². The molecule has 9 heteroatoms. The fraction of sp³-hybridized carbons (Fsp3) is 0.278. The summed E-state index contributed by atoms with van der Waals surface area (Å²) in [6.07, 6.45) is 0. The maximum Gasteiger partial charge on any atom is 0.326 e. The number of nitrogens with zero attached hydrogens (tertiary/aromatic N) is 1. The standard InChI is InChI=1S/C18H19NO7S/c1-23-15-6-4-3-5-14(15)19(12-18(20)24-2)27(21,22)13-7-8-16-17(11-13)26-10-9-25-16/h3-8,11H,9-10,12H2,1-2H3. The van der Waals surface area contributed by atoms with Gasteiger partial charge in [-0.3, -0.25) is 9.10 Å². The van der Waals surface area contributed by atoms with E-state index in [-0.39, 0.29) is 10.6 Å². The SMILES string of the molecule is COC(=O)CN(c1ccccc1OC)S(=O)(=O)c1ccc2c(c1)OCCO2. The van der Waals surface area contributed by atoms with Crippen molar-refractivity contribution in [2.45, 2.75) is 4.90 Å². The topological polar surface area (TPSA) is 91.4 Å². The van der Waals surface area contributed by atoms with Crippen LogP contribution in [0.25, 0.3) is 0 Å². The van der Waals surface area contributed by atoms with Crippen LogP contribution in [0.2, 0.25) is 0 Å². The van der Waals surface area contributed by atoms with E-state index in [9.17, 15) is 13.2 Å². The molecule has 1 aliphatic rings. The minimum atomic E-state index is -4.11. The number of carbonyl (C=O) groups is 1. The van der Waals surface area contributed by atoms with E-state index >= 15 is 0 Å². The highest BCUT2D eigenvalue weighted by Crippen LogP contribution is 2.36. The van der Waals surface area contributed by atoms with E-state index in [0.29, 0.717) is 30.5 Å². The van der Waals surface area contributed by atoms with Gasteiger partial charge in [0.15, 0.2) is 11.5 Å². The van der Waals surface area contributed by atoms with Gasteiger partial charge in [0.25, 0.3) is 10.0 Å². The van der Waals surface area contributed by atoms with Crippen molar-refractivity contribution in [3.8, 4) is 17.2 Å². The molecule has 0 saturated carbocycles. The summed E-state index contributed by atoms with van der Waals surface area (Å²) in [6.45, 7) is 0.220. The molecule has 2 aromatic rings. The van der Waals surface area contributed by atoms with E-state index in [1.54, 1.807) is 24.3 Å². The second-order valence-electron chi connectivity index (χ2n) is 5.57. The smallest absolute Gasteiger partial charge is 0.326 e. The molecule has 0 fully saturated rings. The monoisotopic (exact) mass is 393 g/mol. The summed E-state index contributed by atoms with van der Waals surface area (Å²) in [4.78, 5) is 11.9. The molecule has 2 aromatic carbocycles. The van der Waals surface area contributed by atoms with Crippen LogP contribution in [0.3, 0.4) is 0 Å². The van der Waals surface area contributed by atoms with Gasteiger partial charge < -0.3 is 18.9 Å². The highest BCUT2D eigenvalue weighted by Gasteiger charge is 2.31. The van der Waals surface area contributed by atoms with Crippen molar-refractivity contribution < 1.29 is 32.2 Å². The normalized spacial score (nSPS) is 13.0. The first-order valence-corrected chi connectivity index (χ1v) is 9.53. The van der Waals surface area contributed by atoms with Gasteiger partial charge in [-0.2, -0.15) is 0 Å². The van der Waals surface area contributed by atoms with Gasteiger partial charge in [0.1, 0.15) is 25.5 Å². The predicted molar refractivity (Wildman–Crippen MR) is 97.0 cm³/mol. The molecule has 8 nitrogen and oxygen atoms in total. The molecule has 144 valence electrons. The number of para-hydroxylation sites is 2. The van der Waals surface area contributed by atoms with Crippen molar-refractivity contribution >= 4 is 21.7 Å². The number of sulfonamides is 1. The van der Waals surface area contributed by atoms with E-state index in [0.717, 1.165) is 4.31 Å². The van der Waals surface area contributed by atoms with E-state index in [2.05, 4.69) is 4.74 Å². The summed E-state index contributed by atoms with van der Waals surface area (Å²) in [6, 6.07) is 10.8. The molecule has 0 bridgehead atoms. The number of carbonyl (C=O) groups excluding carboxylic acids is 1. The quantitative estimate of drug-likeness (QED) is 0.692. The Morgan fingerprint density at radius 1 is 1.07 bits per heavy atom. The van der Waals surface area contributed by atoms with Crippen LogP contribution in [0.4, 0.5) is 5.69 Å². The second-order valence-corrected chi connectivity index (χ2v) is 7.43. The van der Waals surface area contributed by atoms with Gasteiger partial charge >= 0.3 is 5.97 Å². The largest absolute Gasteiger partial charge is 0.495 e. The van der Waals surface area contributed by atoms with Gasteiger partial charge in [-0.15, -0.1) is 0 Å². The van der Waals surface area contributed by atoms with Crippen LogP contribution < -0.4 is 18.5 Å². The lowest BCUT2D eigenvalue weighted by Gasteiger charge is -2.26. The molecule has 0 N–H and O–H groups in total. The molecular formula is C18H19NO7S. The van der Waals surface area contributed by atoms with Gasteiger partial charge in [-0.05, 0) is 24.3 Å². The van der Waals surface area contributed by atoms with Crippen LogP contribution >= 0.6 is 0 Å². The minimum absolute atomic E-state index is 0.0402. The summed E-state index contributed by atoms with van der Waals surface area (Å²) in [5.41, 5.74) is 0.222. The zero-order valence-electron chi connectivity index (χ0n) is 14.9. The summed E-state index contributed by atoms with van der Waals surface area (Å²) in [5.74, 6) is 0.405. The van der Waals surface area contributed by atoms with Crippen molar-refractivity contribution in [1.29, 1.82) is 0 Å². The van der Waals surface area contributed by atoms with E-state index in [4.69, 9.17) is 14.2 Å². The Kier molecular flexibility index (Phi) is 5.41. The lowest BCUT2D eigenvalue weighted by atomic mass is 10.3. The molecule has 0 saturated heterocycles. The second kappa shape index (κ2) is 7.75. The summed E-state index contributed by atoms with van der Waals surface area (Å²) >= 11 is 0. The van der Waals surface area contributed by atoms with Crippen LogP contribution in [0, 0.1) is 0 Å². The maximum atomic E-state index is 13.3. The summed E-state index contributed by atoms with van der Waals surface area (Å²) in [7, 11) is -1.49. The zero-order valence-corrected chi connectivity index (χ0v) is 15.7. The molecule has 0 amide bonds. The Labute approximate surface area is 157 Å². The molecule has 1 aliphatic heterocycles. The third kappa shape index (κ3) is 3.77. The van der Waals surface area contributed by atoms with E-state index in [1.165, 1.54) is 32.4 Å². The molecular weight excluding hydrogens is 374 g/mol.